The predicted octanol–water partition coefficient (Wildman–Crippen LogP) is 2.02. The second kappa shape index (κ2) is 7.30. The molecule has 0 heterocycles. The standard InChI is InChI=1S/C13H18ClNO2/c1-11(7-8-16)15(13(17)9-14)10-12-5-3-2-4-6-12/h2-6,11,16H,7-10H2,1H3/t11-/m1/s1. The Morgan fingerprint density at radius 1 is 1.41 bits per heavy atom. The van der Waals surface area contributed by atoms with Crippen LogP contribution in [0.1, 0.15) is 18.9 Å². The summed E-state index contributed by atoms with van der Waals surface area (Å²) < 4.78 is 0. The van der Waals surface area contributed by atoms with E-state index in [1.165, 1.54) is 0 Å². The number of aliphatic hydroxyl groups is 1. The van der Waals surface area contributed by atoms with Crippen molar-refractivity contribution < 1.29 is 9.90 Å². The molecule has 1 rings (SSSR count). The van der Waals surface area contributed by atoms with Gasteiger partial charge in [0.1, 0.15) is 5.88 Å². The van der Waals surface area contributed by atoms with Gasteiger partial charge in [0.05, 0.1) is 0 Å². The Hall–Kier alpha value is -1.06. The molecule has 1 N–H and O–H groups in total. The molecule has 0 saturated heterocycles. The summed E-state index contributed by atoms with van der Waals surface area (Å²) in [5, 5.41) is 8.94. The molecule has 1 aromatic rings. The van der Waals surface area contributed by atoms with Crippen molar-refractivity contribution in [1.29, 1.82) is 0 Å². The molecule has 0 radical (unpaired) electrons. The highest BCUT2D eigenvalue weighted by Crippen LogP contribution is 2.11. The Morgan fingerprint density at radius 2 is 2.06 bits per heavy atom. The fraction of sp³-hybridized carbons (Fsp3) is 0.462. The van der Waals surface area contributed by atoms with Crippen molar-refractivity contribution in [3.05, 3.63) is 35.9 Å². The fourth-order valence-corrected chi connectivity index (χ4v) is 1.84. The lowest BCUT2D eigenvalue weighted by molar-refractivity contribution is -0.131. The third-order valence-electron chi connectivity index (χ3n) is 2.71. The number of nitrogens with zero attached hydrogens (tertiary/aromatic N) is 1. The molecular formula is C13H18ClNO2. The lowest BCUT2D eigenvalue weighted by atomic mass is 10.1. The van der Waals surface area contributed by atoms with Crippen molar-refractivity contribution in [2.45, 2.75) is 25.9 Å². The van der Waals surface area contributed by atoms with Gasteiger partial charge in [0.25, 0.3) is 0 Å². The van der Waals surface area contributed by atoms with Crippen molar-refractivity contribution in [3.63, 3.8) is 0 Å². The van der Waals surface area contributed by atoms with Crippen molar-refractivity contribution in [1.82, 2.24) is 4.90 Å². The minimum absolute atomic E-state index is 0.00791. The maximum atomic E-state index is 11.7. The molecule has 4 heteroatoms. The molecule has 1 atom stereocenters. The molecule has 0 saturated carbocycles. The molecule has 1 amide bonds. The zero-order valence-electron chi connectivity index (χ0n) is 9.97. The van der Waals surface area contributed by atoms with Gasteiger partial charge >= 0.3 is 0 Å². The van der Waals surface area contributed by atoms with Crippen LogP contribution in [0.25, 0.3) is 0 Å². The summed E-state index contributed by atoms with van der Waals surface area (Å²) >= 11 is 5.60. The van der Waals surface area contributed by atoms with Crippen LogP contribution in [0, 0.1) is 0 Å². The van der Waals surface area contributed by atoms with E-state index < -0.39 is 0 Å². The highest BCUT2D eigenvalue weighted by Gasteiger charge is 2.18. The number of benzene rings is 1. The first kappa shape index (κ1) is 14.0. The minimum Gasteiger partial charge on any atom is -0.396 e. The average molecular weight is 256 g/mol. The van der Waals surface area contributed by atoms with E-state index in [1.54, 1.807) is 4.90 Å². The maximum absolute atomic E-state index is 11.7. The molecule has 94 valence electrons. The number of carbonyl (C=O) groups excluding carboxylic acids is 1. The summed E-state index contributed by atoms with van der Waals surface area (Å²) in [6.45, 7) is 2.53. The fourth-order valence-electron chi connectivity index (χ4n) is 1.69. The first-order valence-corrected chi connectivity index (χ1v) is 6.22. The number of rotatable bonds is 6. The van der Waals surface area contributed by atoms with E-state index in [4.69, 9.17) is 16.7 Å². The molecular weight excluding hydrogens is 238 g/mol. The zero-order chi connectivity index (χ0) is 12.7. The Kier molecular flexibility index (Phi) is 6.01. The van der Waals surface area contributed by atoms with Crippen LogP contribution in [0.5, 0.6) is 0 Å². The number of amides is 1. The van der Waals surface area contributed by atoms with Crippen LogP contribution < -0.4 is 0 Å². The first-order valence-electron chi connectivity index (χ1n) is 5.69. The van der Waals surface area contributed by atoms with Gasteiger partial charge in [-0.15, -0.1) is 11.6 Å². The van der Waals surface area contributed by atoms with Crippen LogP contribution in [0.2, 0.25) is 0 Å². The Labute approximate surface area is 107 Å². The van der Waals surface area contributed by atoms with Crippen LogP contribution in [-0.2, 0) is 11.3 Å². The average Bonchev–Trinajstić information content (AvgIpc) is 2.36. The molecule has 0 aliphatic carbocycles. The molecule has 0 aliphatic heterocycles. The number of alkyl halides is 1. The van der Waals surface area contributed by atoms with Crippen LogP contribution >= 0.6 is 11.6 Å². The molecule has 0 unspecified atom stereocenters. The number of carbonyl (C=O) groups is 1. The number of hydrogen-bond acceptors (Lipinski definition) is 2. The SMILES string of the molecule is C[C@H](CCO)N(Cc1ccccc1)C(=O)CCl. The van der Waals surface area contributed by atoms with Gasteiger partial charge in [-0.1, -0.05) is 30.3 Å². The highest BCUT2D eigenvalue weighted by atomic mass is 35.5. The van der Waals surface area contributed by atoms with Gasteiger partial charge in [0, 0.05) is 19.2 Å². The van der Waals surface area contributed by atoms with E-state index >= 15 is 0 Å². The molecule has 0 bridgehead atoms. The Balaban J connectivity index is 2.73. The maximum Gasteiger partial charge on any atom is 0.238 e. The Bertz CT molecular complexity index is 343. The number of hydrogen-bond donors (Lipinski definition) is 1. The van der Waals surface area contributed by atoms with Crippen molar-refractivity contribution in [2.24, 2.45) is 0 Å². The molecule has 1 aromatic carbocycles. The van der Waals surface area contributed by atoms with Gasteiger partial charge < -0.3 is 10.0 Å². The second-order valence-corrected chi connectivity index (χ2v) is 4.27. The van der Waals surface area contributed by atoms with Crippen LogP contribution in [0.4, 0.5) is 0 Å². The van der Waals surface area contributed by atoms with Gasteiger partial charge in [0.15, 0.2) is 0 Å². The summed E-state index contributed by atoms with van der Waals surface area (Å²) in [5.74, 6) is -0.126. The van der Waals surface area contributed by atoms with Crippen molar-refractivity contribution in [3.8, 4) is 0 Å². The lowest BCUT2D eigenvalue weighted by Gasteiger charge is -2.28. The van der Waals surface area contributed by atoms with Crippen molar-refractivity contribution >= 4 is 17.5 Å². The minimum atomic E-state index is -0.100. The summed E-state index contributed by atoms with van der Waals surface area (Å²) in [5.41, 5.74) is 1.07. The normalized spacial score (nSPS) is 12.2. The Morgan fingerprint density at radius 3 is 2.59 bits per heavy atom. The van der Waals surface area contributed by atoms with Crippen molar-refractivity contribution in [2.75, 3.05) is 12.5 Å². The van der Waals surface area contributed by atoms with E-state index in [-0.39, 0.29) is 24.4 Å². The van der Waals surface area contributed by atoms with E-state index in [0.29, 0.717) is 13.0 Å². The lowest BCUT2D eigenvalue weighted by Crippen LogP contribution is -2.39. The number of halogens is 1. The number of aliphatic hydroxyl groups excluding tert-OH is 1. The highest BCUT2D eigenvalue weighted by molar-refractivity contribution is 6.27. The third-order valence-corrected chi connectivity index (χ3v) is 2.94. The summed E-state index contributed by atoms with van der Waals surface area (Å²) in [7, 11) is 0. The molecule has 0 spiro atoms. The second-order valence-electron chi connectivity index (χ2n) is 4.00. The topological polar surface area (TPSA) is 40.5 Å². The van der Waals surface area contributed by atoms with E-state index in [2.05, 4.69) is 0 Å². The molecule has 3 nitrogen and oxygen atoms in total. The van der Waals surface area contributed by atoms with E-state index in [0.717, 1.165) is 5.56 Å². The first-order chi connectivity index (χ1) is 8.19. The molecule has 17 heavy (non-hydrogen) atoms. The van der Waals surface area contributed by atoms with Crippen LogP contribution in [-0.4, -0.2) is 34.4 Å². The molecule has 0 aliphatic rings. The van der Waals surface area contributed by atoms with E-state index in [1.807, 2.05) is 37.3 Å². The summed E-state index contributed by atoms with van der Waals surface area (Å²) in [4.78, 5) is 13.5. The zero-order valence-corrected chi connectivity index (χ0v) is 10.7. The molecule has 0 fully saturated rings. The van der Waals surface area contributed by atoms with Gasteiger partial charge in [-0.2, -0.15) is 0 Å². The largest absolute Gasteiger partial charge is 0.396 e. The van der Waals surface area contributed by atoms with Gasteiger partial charge in [-0.05, 0) is 18.9 Å². The summed E-state index contributed by atoms with van der Waals surface area (Å²) in [6.07, 6.45) is 0.565. The summed E-state index contributed by atoms with van der Waals surface area (Å²) in [6, 6.07) is 9.76. The third kappa shape index (κ3) is 4.36. The predicted molar refractivity (Wildman–Crippen MR) is 68.9 cm³/mol. The van der Waals surface area contributed by atoms with Crippen LogP contribution in [0.15, 0.2) is 30.3 Å². The molecule has 0 aromatic heterocycles. The quantitative estimate of drug-likeness (QED) is 0.791. The smallest absolute Gasteiger partial charge is 0.238 e. The monoisotopic (exact) mass is 255 g/mol. The van der Waals surface area contributed by atoms with E-state index in [9.17, 15) is 4.79 Å². The van der Waals surface area contributed by atoms with Gasteiger partial charge in [0.2, 0.25) is 5.91 Å². The van der Waals surface area contributed by atoms with Gasteiger partial charge in [-0.25, -0.2) is 0 Å². The van der Waals surface area contributed by atoms with Crippen LogP contribution in [0.3, 0.4) is 0 Å². The van der Waals surface area contributed by atoms with Gasteiger partial charge in [-0.3, -0.25) is 4.79 Å².